The summed E-state index contributed by atoms with van der Waals surface area (Å²) in [5.74, 6) is 0.129. The van der Waals surface area contributed by atoms with E-state index >= 15 is 0 Å². The van der Waals surface area contributed by atoms with Gasteiger partial charge in [0.2, 0.25) is 5.91 Å². The van der Waals surface area contributed by atoms with E-state index in [2.05, 4.69) is 50.4 Å². The highest BCUT2D eigenvalue weighted by molar-refractivity contribution is 6.12. The first kappa shape index (κ1) is 25.2. The van der Waals surface area contributed by atoms with Crippen LogP contribution in [0.2, 0.25) is 0 Å². The van der Waals surface area contributed by atoms with Crippen LogP contribution in [0.4, 0.5) is 5.69 Å². The zero-order valence-electron chi connectivity index (χ0n) is 22.7. The number of anilines is 1. The molecule has 1 atom stereocenters. The summed E-state index contributed by atoms with van der Waals surface area (Å²) in [6.45, 7) is 10.6. The van der Waals surface area contributed by atoms with E-state index in [9.17, 15) is 9.59 Å². The first-order valence-corrected chi connectivity index (χ1v) is 13.6. The van der Waals surface area contributed by atoms with E-state index in [1.54, 1.807) is 9.58 Å². The minimum absolute atomic E-state index is 0.116. The molecule has 2 aliphatic rings. The third kappa shape index (κ3) is 4.70. The van der Waals surface area contributed by atoms with Gasteiger partial charge in [-0.2, -0.15) is 5.10 Å². The fraction of sp³-hybridized carbons (Fsp3) is 0.452. The number of amides is 2. The van der Waals surface area contributed by atoms with Gasteiger partial charge in [0.15, 0.2) is 0 Å². The molecule has 0 radical (unpaired) electrons. The number of benzene rings is 2. The predicted octanol–water partition coefficient (Wildman–Crippen LogP) is 6.16. The molecule has 1 aromatic heterocycles. The number of hydrogen-bond acceptors (Lipinski definition) is 3. The van der Waals surface area contributed by atoms with Crippen LogP contribution in [0, 0.1) is 13.8 Å². The molecule has 37 heavy (non-hydrogen) atoms. The van der Waals surface area contributed by atoms with E-state index < -0.39 is 5.54 Å². The standard InChI is InChI=1S/C31H38N4O2/c1-20(2)23-12-14-24(15-13-23)27-18-28-29(36)35(26-16-11-21(3)22(4)17-26)31(5,19-34(28)33-27)30(37)32-25-9-7-6-8-10-25/h11-18,20,25H,6-10,19H2,1-5H3,(H,32,37). The number of rotatable bonds is 5. The normalized spacial score (nSPS) is 20.3. The van der Waals surface area contributed by atoms with E-state index in [0.717, 1.165) is 53.8 Å². The summed E-state index contributed by atoms with van der Waals surface area (Å²) in [5.41, 5.74) is 5.35. The van der Waals surface area contributed by atoms with Crippen molar-refractivity contribution in [2.45, 2.75) is 90.8 Å². The SMILES string of the molecule is Cc1ccc(N2C(=O)c3cc(-c4ccc(C(C)C)cc4)nn3CC2(C)C(=O)NC2CCCCC2)cc1C. The van der Waals surface area contributed by atoms with Crippen molar-refractivity contribution in [1.82, 2.24) is 15.1 Å². The summed E-state index contributed by atoms with van der Waals surface area (Å²) in [6, 6.07) is 16.3. The molecule has 1 aliphatic carbocycles. The molecule has 2 heterocycles. The Balaban J connectivity index is 1.55. The van der Waals surface area contributed by atoms with Crippen LogP contribution >= 0.6 is 0 Å². The van der Waals surface area contributed by atoms with E-state index in [0.29, 0.717) is 18.2 Å². The van der Waals surface area contributed by atoms with Crippen LogP contribution in [0.15, 0.2) is 48.5 Å². The maximum atomic E-state index is 14.1. The van der Waals surface area contributed by atoms with Gasteiger partial charge >= 0.3 is 0 Å². The van der Waals surface area contributed by atoms with Crippen LogP contribution in [0.3, 0.4) is 0 Å². The molecule has 1 N–H and O–H groups in total. The molecule has 1 unspecified atom stereocenters. The highest BCUT2D eigenvalue weighted by atomic mass is 16.2. The third-order valence-electron chi connectivity index (χ3n) is 8.20. The maximum Gasteiger partial charge on any atom is 0.277 e. The largest absolute Gasteiger partial charge is 0.351 e. The summed E-state index contributed by atoms with van der Waals surface area (Å²) in [7, 11) is 0. The maximum absolute atomic E-state index is 14.1. The van der Waals surface area contributed by atoms with E-state index in [-0.39, 0.29) is 17.9 Å². The number of nitrogens with one attached hydrogen (secondary N) is 1. The topological polar surface area (TPSA) is 67.2 Å². The average molecular weight is 499 g/mol. The van der Waals surface area contributed by atoms with Crippen LogP contribution in [-0.4, -0.2) is 33.2 Å². The number of nitrogens with zero attached hydrogens (tertiary/aromatic N) is 3. The number of carbonyl (C=O) groups is 2. The zero-order valence-corrected chi connectivity index (χ0v) is 22.7. The molecule has 0 bridgehead atoms. The van der Waals surface area contributed by atoms with Gasteiger partial charge in [0.1, 0.15) is 11.2 Å². The summed E-state index contributed by atoms with van der Waals surface area (Å²) in [5, 5.41) is 8.11. The average Bonchev–Trinajstić information content (AvgIpc) is 3.31. The van der Waals surface area contributed by atoms with Crippen molar-refractivity contribution in [3.8, 4) is 11.3 Å². The van der Waals surface area contributed by atoms with Gasteiger partial charge < -0.3 is 5.32 Å². The van der Waals surface area contributed by atoms with E-state index in [4.69, 9.17) is 5.10 Å². The summed E-state index contributed by atoms with van der Waals surface area (Å²) >= 11 is 0. The fourth-order valence-corrected chi connectivity index (χ4v) is 5.62. The van der Waals surface area contributed by atoms with Gasteiger partial charge in [0.25, 0.3) is 5.91 Å². The van der Waals surface area contributed by atoms with Gasteiger partial charge in [-0.15, -0.1) is 0 Å². The molecule has 0 spiro atoms. The van der Waals surface area contributed by atoms with E-state index in [1.165, 1.54) is 12.0 Å². The Morgan fingerprint density at radius 1 is 1.00 bits per heavy atom. The molecular weight excluding hydrogens is 460 g/mol. The van der Waals surface area contributed by atoms with Crippen LogP contribution in [0.5, 0.6) is 0 Å². The lowest BCUT2D eigenvalue weighted by atomic mass is 9.90. The molecule has 6 nitrogen and oxygen atoms in total. The first-order valence-electron chi connectivity index (χ1n) is 13.6. The highest BCUT2D eigenvalue weighted by Crippen LogP contribution is 2.35. The summed E-state index contributed by atoms with van der Waals surface area (Å²) in [4.78, 5) is 29.7. The van der Waals surface area contributed by atoms with Crippen molar-refractivity contribution in [3.05, 3.63) is 70.9 Å². The predicted molar refractivity (Wildman–Crippen MR) is 148 cm³/mol. The monoisotopic (exact) mass is 498 g/mol. The Morgan fingerprint density at radius 3 is 2.35 bits per heavy atom. The molecular formula is C31H38N4O2. The molecule has 6 heteroatoms. The summed E-state index contributed by atoms with van der Waals surface area (Å²) in [6.07, 6.45) is 5.45. The lowest BCUT2D eigenvalue weighted by Gasteiger charge is -2.44. The van der Waals surface area contributed by atoms with Crippen molar-refractivity contribution in [2.75, 3.05) is 4.90 Å². The number of aromatic nitrogens is 2. The van der Waals surface area contributed by atoms with Crippen molar-refractivity contribution < 1.29 is 9.59 Å². The molecule has 2 aromatic carbocycles. The molecule has 1 fully saturated rings. The Hall–Kier alpha value is -3.41. The van der Waals surface area contributed by atoms with Crippen LogP contribution in [-0.2, 0) is 11.3 Å². The number of fused-ring (bicyclic) bond motifs is 1. The highest BCUT2D eigenvalue weighted by Gasteiger charge is 2.49. The lowest BCUT2D eigenvalue weighted by molar-refractivity contribution is -0.127. The molecule has 1 saturated carbocycles. The van der Waals surface area contributed by atoms with E-state index in [1.807, 2.05) is 38.1 Å². The van der Waals surface area contributed by atoms with Gasteiger partial charge in [-0.05, 0) is 74.4 Å². The Bertz CT molecular complexity index is 1320. The summed E-state index contributed by atoms with van der Waals surface area (Å²) < 4.78 is 1.73. The molecule has 3 aromatic rings. The van der Waals surface area contributed by atoms with Crippen molar-refractivity contribution in [3.63, 3.8) is 0 Å². The first-order chi connectivity index (χ1) is 17.7. The van der Waals surface area contributed by atoms with Crippen molar-refractivity contribution in [2.24, 2.45) is 0 Å². The Kier molecular flexibility index (Phi) is 6.69. The minimum Gasteiger partial charge on any atom is -0.351 e. The van der Waals surface area contributed by atoms with Crippen LogP contribution in [0.1, 0.15) is 86.0 Å². The second kappa shape index (κ2) is 9.81. The van der Waals surface area contributed by atoms with Gasteiger partial charge in [-0.1, -0.05) is 63.4 Å². The second-order valence-electron chi connectivity index (χ2n) is 11.3. The fourth-order valence-electron chi connectivity index (χ4n) is 5.62. The van der Waals surface area contributed by atoms with Gasteiger partial charge in [-0.3, -0.25) is 19.2 Å². The van der Waals surface area contributed by atoms with Gasteiger partial charge in [-0.25, -0.2) is 0 Å². The van der Waals surface area contributed by atoms with Crippen molar-refractivity contribution in [1.29, 1.82) is 0 Å². The molecule has 1 aliphatic heterocycles. The smallest absolute Gasteiger partial charge is 0.277 e. The van der Waals surface area contributed by atoms with Gasteiger partial charge in [0.05, 0.1) is 12.2 Å². The van der Waals surface area contributed by atoms with Crippen LogP contribution < -0.4 is 10.2 Å². The van der Waals surface area contributed by atoms with Crippen LogP contribution in [0.25, 0.3) is 11.3 Å². The lowest BCUT2D eigenvalue weighted by Crippen LogP contribution is -2.65. The number of aryl methyl sites for hydroxylation is 2. The zero-order chi connectivity index (χ0) is 26.3. The quantitative estimate of drug-likeness (QED) is 0.458. The van der Waals surface area contributed by atoms with Crippen molar-refractivity contribution >= 4 is 17.5 Å². The van der Waals surface area contributed by atoms with Gasteiger partial charge in [0, 0.05) is 17.3 Å². The second-order valence-corrected chi connectivity index (χ2v) is 11.3. The minimum atomic E-state index is -1.10. The molecule has 2 amide bonds. The molecule has 0 saturated heterocycles. The Morgan fingerprint density at radius 2 is 1.70 bits per heavy atom. The third-order valence-corrected chi connectivity index (χ3v) is 8.20. The molecule has 194 valence electrons. The molecule has 5 rings (SSSR count). The number of hydrogen-bond donors (Lipinski definition) is 1. The number of carbonyl (C=O) groups excluding carboxylic acids is 2. The Labute approximate surface area is 220 Å².